The van der Waals surface area contributed by atoms with Gasteiger partial charge in [-0.3, -0.25) is 4.79 Å². The summed E-state index contributed by atoms with van der Waals surface area (Å²) in [5.74, 6) is 1.12. The van der Waals surface area contributed by atoms with E-state index in [1.807, 2.05) is 17.0 Å². The van der Waals surface area contributed by atoms with Crippen LogP contribution in [0.5, 0.6) is 0 Å². The molecule has 2 nitrogen and oxygen atoms in total. The van der Waals surface area contributed by atoms with Crippen molar-refractivity contribution >= 4 is 17.5 Å². The van der Waals surface area contributed by atoms with E-state index in [4.69, 9.17) is 11.6 Å². The minimum absolute atomic E-state index is 0.112. The summed E-state index contributed by atoms with van der Waals surface area (Å²) in [5, 5.41) is 0. The molecule has 0 radical (unpaired) electrons. The topological polar surface area (TPSA) is 20.3 Å². The number of likely N-dealkylation sites (tertiary alicyclic amines) is 1. The number of amides is 1. The molecule has 20 heavy (non-hydrogen) atoms. The van der Waals surface area contributed by atoms with E-state index in [2.05, 4.69) is 39.8 Å². The summed E-state index contributed by atoms with van der Waals surface area (Å²) in [6, 6.07) is 8.17. The van der Waals surface area contributed by atoms with Gasteiger partial charge in [-0.1, -0.05) is 39.8 Å². The second-order valence-corrected chi connectivity index (χ2v) is 7.12. The standard InChI is InChI=1S/C17H24ClNO/c1-12-9-10-19(15(12)11-18)16(20)13-5-7-14(8-6-13)17(2,3)4/h5-8,12,15H,9-11H2,1-4H3. The zero-order valence-corrected chi connectivity index (χ0v) is 13.6. The van der Waals surface area contributed by atoms with E-state index < -0.39 is 0 Å². The highest BCUT2D eigenvalue weighted by molar-refractivity contribution is 6.18. The maximum Gasteiger partial charge on any atom is 0.254 e. The second kappa shape index (κ2) is 5.77. The molecule has 1 fully saturated rings. The van der Waals surface area contributed by atoms with Gasteiger partial charge in [0.15, 0.2) is 0 Å². The van der Waals surface area contributed by atoms with Crippen LogP contribution in [0.2, 0.25) is 0 Å². The predicted octanol–water partition coefficient (Wildman–Crippen LogP) is 4.07. The molecule has 0 aliphatic carbocycles. The fourth-order valence-corrected chi connectivity index (χ4v) is 3.25. The normalized spacial score (nSPS) is 23.1. The van der Waals surface area contributed by atoms with Crippen LogP contribution in [0.25, 0.3) is 0 Å². The van der Waals surface area contributed by atoms with Crippen LogP contribution in [0.3, 0.4) is 0 Å². The molecule has 0 bridgehead atoms. The first kappa shape index (κ1) is 15.4. The number of hydrogen-bond acceptors (Lipinski definition) is 1. The van der Waals surface area contributed by atoms with Crippen molar-refractivity contribution in [3.05, 3.63) is 35.4 Å². The molecule has 3 heteroatoms. The van der Waals surface area contributed by atoms with Gasteiger partial charge >= 0.3 is 0 Å². The summed E-state index contributed by atoms with van der Waals surface area (Å²) in [6.07, 6.45) is 1.04. The first-order chi connectivity index (χ1) is 9.34. The van der Waals surface area contributed by atoms with Gasteiger partial charge < -0.3 is 4.90 Å². The average Bonchev–Trinajstić information content (AvgIpc) is 2.78. The molecule has 110 valence electrons. The smallest absolute Gasteiger partial charge is 0.254 e. The lowest BCUT2D eigenvalue weighted by atomic mass is 9.86. The lowest BCUT2D eigenvalue weighted by molar-refractivity contribution is 0.0737. The van der Waals surface area contributed by atoms with E-state index in [0.29, 0.717) is 11.8 Å². The van der Waals surface area contributed by atoms with Gasteiger partial charge in [0.05, 0.1) is 0 Å². The van der Waals surface area contributed by atoms with Gasteiger partial charge in [0.25, 0.3) is 5.91 Å². The summed E-state index contributed by atoms with van der Waals surface area (Å²) in [6.45, 7) is 9.52. The largest absolute Gasteiger partial charge is 0.334 e. The van der Waals surface area contributed by atoms with Gasteiger partial charge in [-0.05, 0) is 35.4 Å². The Balaban J connectivity index is 2.18. The van der Waals surface area contributed by atoms with Crippen LogP contribution in [0.15, 0.2) is 24.3 Å². The number of rotatable bonds is 2. The van der Waals surface area contributed by atoms with Crippen LogP contribution in [-0.4, -0.2) is 29.3 Å². The Hall–Kier alpha value is -1.02. The quantitative estimate of drug-likeness (QED) is 0.753. The Bertz CT molecular complexity index is 475. The molecule has 1 aromatic rings. The SMILES string of the molecule is CC1CCN(C(=O)c2ccc(C(C)(C)C)cc2)C1CCl. The summed E-state index contributed by atoms with van der Waals surface area (Å²) >= 11 is 6.02. The van der Waals surface area contributed by atoms with E-state index in [-0.39, 0.29) is 17.4 Å². The van der Waals surface area contributed by atoms with Gasteiger partial charge in [0.2, 0.25) is 0 Å². The van der Waals surface area contributed by atoms with Crippen LogP contribution < -0.4 is 0 Å². The number of alkyl halides is 1. The number of halogens is 1. The average molecular weight is 294 g/mol. The number of carbonyl (C=O) groups is 1. The highest BCUT2D eigenvalue weighted by Crippen LogP contribution is 2.27. The zero-order chi connectivity index (χ0) is 14.9. The number of nitrogens with zero attached hydrogens (tertiary/aromatic N) is 1. The fraction of sp³-hybridized carbons (Fsp3) is 0.588. The van der Waals surface area contributed by atoms with E-state index in [1.54, 1.807) is 0 Å². The van der Waals surface area contributed by atoms with Crippen molar-refractivity contribution in [3.8, 4) is 0 Å². The fourth-order valence-electron chi connectivity index (χ4n) is 2.77. The maximum atomic E-state index is 12.6. The van der Waals surface area contributed by atoms with E-state index in [0.717, 1.165) is 18.5 Å². The predicted molar refractivity (Wildman–Crippen MR) is 84.5 cm³/mol. The van der Waals surface area contributed by atoms with Crippen molar-refractivity contribution < 1.29 is 4.79 Å². The Morgan fingerprint density at radius 2 is 1.90 bits per heavy atom. The van der Waals surface area contributed by atoms with Gasteiger partial charge in [0, 0.05) is 24.0 Å². The lowest BCUT2D eigenvalue weighted by Crippen LogP contribution is -2.38. The summed E-state index contributed by atoms with van der Waals surface area (Å²) < 4.78 is 0. The van der Waals surface area contributed by atoms with Crippen LogP contribution in [0, 0.1) is 5.92 Å². The first-order valence-electron chi connectivity index (χ1n) is 7.32. The zero-order valence-electron chi connectivity index (χ0n) is 12.8. The van der Waals surface area contributed by atoms with Crippen LogP contribution in [0.4, 0.5) is 0 Å². The molecule has 0 saturated carbocycles. The van der Waals surface area contributed by atoms with Crippen molar-refractivity contribution in [3.63, 3.8) is 0 Å². The number of hydrogen-bond donors (Lipinski definition) is 0. The molecule has 0 N–H and O–H groups in total. The number of carbonyl (C=O) groups excluding carboxylic acids is 1. The number of benzene rings is 1. The molecule has 0 spiro atoms. The minimum atomic E-state index is 0.112. The summed E-state index contributed by atoms with van der Waals surface area (Å²) in [7, 11) is 0. The van der Waals surface area contributed by atoms with Crippen molar-refractivity contribution in [2.75, 3.05) is 12.4 Å². The van der Waals surface area contributed by atoms with Crippen molar-refractivity contribution in [1.82, 2.24) is 4.90 Å². The highest BCUT2D eigenvalue weighted by Gasteiger charge is 2.34. The lowest BCUT2D eigenvalue weighted by Gasteiger charge is -2.25. The third kappa shape index (κ3) is 3.01. The van der Waals surface area contributed by atoms with Gasteiger partial charge in [0.1, 0.15) is 0 Å². The van der Waals surface area contributed by atoms with Crippen molar-refractivity contribution in [2.45, 2.75) is 45.6 Å². The molecule has 1 aliphatic rings. The third-order valence-corrected chi connectivity index (χ3v) is 4.62. The van der Waals surface area contributed by atoms with E-state index in [9.17, 15) is 4.79 Å². The molecule has 1 aliphatic heterocycles. The van der Waals surface area contributed by atoms with Gasteiger partial charge in [-0.2, -0.15) is 0 Å². The minimum Gasteiger partial charge on any atom is -0.334 e. The van der Waals surface area contributed by atoms with Crippen molar-refractivity contribution in [1.29, 1.82) is 0 Å². The molecule has 0 aromatic heterocycles. The van der Waals surface area contributed by atoms with Crippen LogP contribution >= 0.6 is 11.6 Å². The highest BCUT2D eigenvalue weighted by atomic mass is 35.5. The first-order valence-corrected chi connectivity index (χ1v) is 7.85. The maximum absolute atomic E-state index is 12.6. The van der Waals surface area contributed by atoms with E-state index >= 15 is 0 Å². The van der Waals surface area contributed by atoms with Gasteiger partial charge in [-0.15, -0.1) is 11.6 Å². The third-order valence-electron chi connectivity index (χ3n) is 4.30. The molecule has 2 atom stereocenters. The molecule has 2 unspecified atom stereocenters. The molecule has 1 saturated heterocycles. The second-order valence-electron chi connectivity index (χ2n) is 6.81. The summed E-state index contributed by atoms with van der Waals surface area (Å²) in [4.78, 5) is 14.5. The Kier molecular flexibility index (Phi) is 4.43. The van der Waals surface area contributed by atoms with Crippen molar-refractivity contribution in [2.24, 2.45) is 5.92 Å². The molecular formula is C17H24ClNO. The molecule has 1 aromatic carbocycles. The van der Waals surface area contributed by atoms with Gasteiger partial charge in [-0.25, -0.2) is 0 Å². The molecule has 1 heterocycles. The molecule has 1 amide bonds. The van der Waals surface area contributed by atoms with Crippen LogP contribution in [-0.2, 0) is 5.41 Å². The Labute approximate surface area is 127 Å². The van der Waals surface area contributed by atoms with Crippen LogP contribution in [0.1, 0.15) is 50.0 Å². The Morgan fingerprint density at radius 1 is 1.30 bits per heavy atom. The molecular weight excluding hydrogens is 270 g/mol. The summed E-state index contributed by atoms with van der Waals surface area (Å²) in [5.41, 5.74) is 2.13. The molecule has 2 rings (SSSR count). The Morgan fingerprint density at radius 3 is 2.40 bits per heavy atom. The monoisotopic (exact) mass is 293 g/mol. The van der Waals surface area contributed by atoms with E-state index in [1.165, 1.54) is 5.56 Å².